The van der Waals surface area contributed by atoms with Crippen LogP contribution in [0.4, 0.5) is 0 Å². The van der Waals surface area contributed by atoms with Crippen LogP contribution in [-0.4, -0.2) is 5.78 Å². The van der Waals surface area contributed by atoms with Crippen molar-refractivity contribution in [3.63, 3.8) is 0 Å². The molecule has 0 saturated carbocycles. The fourth-order valence-electron chi connectivity index (χ4n) is 2.12. The highest BCUT2D eigenvalue weighted by Crippen LogP contribution is 2.18. The molecule has 1 heterocycles. The molecule has 0 aliphatic heterocycles. The zero-order chi connectivity index (χ0) is 15.0. The Balaban J connectivity index is 2.16. The van der Waals surface area contributed by atoms with E-state index in [0.29, 0.717) is 16.5 Å². The highest BCUT2D eigenvalue weighted by molar-refractivity contribution is 9.10. The van der Waals surface area contributed by atoms with Gasteiger partial charge < -0.3 is 4.42 Å². The second-order valence-corrected chi connectivity index (χ2v) is 5.73. The Hall–Kier alpha value is -2.20. The summed E-state index contributed by atoms with van der Waals surface area (Å²) in [6.45, 7) is 1.94. The van der Waals surface area contributed by atoms with Crippen molar-refractivity contribution >= 4 is 32.7 Å². The monoisotopic (exact) mass is 342 g/mol. The first kappa shape index (κ1) is 13.8. The Morgan fingerprint density at radius 3 is 2.52 bits per heavy atom. The van der Waals surface area contributed by atoms with Crippen molar-refractivity contribution in [3.8, 4) is 0 Å². The van der Waals surface area contributed by atoms with Crippen LogP contribution in [-0.2, 0) is 0 Å². The molecule has 3 rings (SSSR count). The number of halogens is 1. The van der Waals surface area contributed by atoms with Crippen molar-refractivity contribution < 1.29 is 9.21 Å². The number of carbonyl (C=O) groups is 1. The molecule has 3 nitrogen and oxygen atoms in total. The van der Waals surface area contributed by atoms with Gasteiger partial charge in [0.1, 0.15) is 17.4 Å². The molecule has 0 bridgehead atoms. The third kappa shape index (κ3) is 2.54. The third-order valence-corrected chi connectivity index (χ3v) is 3.79. The van der Waals surface area contributed by atoms with Crippen LogP contribution in [0.15, 0.2) is 62.4 Å². The first-order valence-corrected chi connectivity index (χ1v) is 7.18. The first-order chi connectivity index (χ1) is 10.1. The lowest BCUT2D eigenvalue weighted by molar-refractivity contribution is 0.103. The Labute approximate surface area is 129 Å². The van der Waals surface area contributed by atoms with Gasteiger partial charge in [0, 0.05) is 10.0 Å². The van der Waals surface area contributed by atoms with Gasteiger partial charge in [-0.3, -0.25) is 9.59 Å². The van der Waals surface area contributed by atoms with E-state index in [2.05, 4.69) is 15.9 Å². The Bertz CT molecular complexity index is 892. The number of carbonyl (C=O) groups excluding carboxylic acids is 1. The minimum atomic E-state index is -0.328. The molecule has 21 heavy (non-hydrogen) atoms. The van der Waals surface area contributed by atoms with Gasteiger partial charge in [-0.25, -0.2) is 0 Å². The number of rotatable bonds is 2. The van der Waals surface area contributed by atoms with E-state index in [1.54, 1.807) is 30.3 Å². The fraction of sp³-hybridized carbons (Fsp3) is 0.0588. The van der Waals surface area contributed by atoms with Crippen molar-refractivity contribution in [1.82, 2.24) is 0 Å². The quantitative estimate of drug-likeness (QED) is 0.659. The van der Waals surface area contributed by atoms with Crippen molar-refractivity contribution in [2.24, 2.45) is 0 Å². The first-order valence-electron chi connectivity index (χ1n) is 6.39. The van der Waals surface area contributed by atoms with E-state index in [1.165, 1.54) is 6.26 Å². The van der Waals surface area contributed by atoms with E-state index in [4.69, 9.17) is 4.42 Å². The van der Waals surface area contributed by atoms with Crippen LogP contribution in [0.5, 0.6) is 0 Å². The van der Waals surface area contributed by atoms with E-state index in [1.807, 2.05) is 19.1 Å². The molecule has 0 fully saturated rings. The molecule has 104 valence electrons. The molecular weight excluding hydrogens is 332 g/mol. The summed E-state index contributed by atoms with van der Waals surface area (Å²) in [5, 5.41) is 0.391. The molecule has 2 aromatic carbocycles. The topological polar surface area (TPSA) is 47.3 Å². The van der Waals surface area contributed by atoms with Crippen LogP contribution in [0, 0.1) is 6.92 Å². The number of aryl methyl sites for hydroxylation is 1. The largest absolute Gasteiger partial charge is 0.463 e. The molecule has 4 heteroatoms. The van der Waals surface area contributed by atoms with Crippen LogP contribution in [0.2, 0.25) is 0 Å². The molecular formula is C17H11BrO3. The summed E-state index contributed by atoms with van der Waals surface area (Å²) in [5.41, 5.74) is 1.72. The summed E-state index contributed by atoms with van der Waals surface area (Å²) < 4.78 is 6.17. The Morgan fingerprint density at radius 2 is 1.81 bits per heavy atom. The zero-order valence-corrected chi connectivity index (χ0v) is 12.8. The number of hydrogen-bond acceptors (Lipinski definition) is 3. The SMILES string of the molecule is Cc1ccc(C(=O)c2coc3ccc(Br)cc3c2=O)cc1. The normalized spacial score (nSPS) is 10.8. The molecule has 0 radical (unpaired) electrons. The van der Waals surface area contributed by atoms with Gasteiger partial charge in [-0.15, -0.1) is 0 Å². The van der Waals surface area contributed by atoms with Gasteiger partial charge >= 0.3 is 0 Å². The van der Waals surface area contributed by atoms with Gasteiger partial charge in [0.2, 0.25) is 5.43 Å². The maximum atomic E-state index is 12.5. The molecule has 0 amide bonds. The van der Waals surface area contributed by atoms with E-state index in [0.717, 1.165) is 10.0 Å². The number of benzene rings is 2. The Kier molecular flexibility index (Phi) is 3.47. The second-order valence-electron chi connectivity index (χ2n) is 4.81. The van der Waals surface area contributed by atoms with Gasteiger partial charge in [-0.2, -0.15) is 0 Å². The molecule has 0 aliphatic carbocycles. The van der Waals surface area contributed by atoms with Crippen molar-refractivity contribution in [2.75, 3.05) is 0 Å². The van der Waals surface area contributed by atoms with Crippen LogP contribution in [0.3, 0.4) is 0 Å². The van der Waals surface area contributed by atoms with E-state index in [-0.39, 0.29) is 16.8 Å². The van der Waals surface area contributed by atoms with E-state index >= 15 is 0 Å². The molecule has 0 saturated heterocycles. The number of fused-ring (bicyclic) bond motifs is 1. The van der Waals surface area contributed by atoms with Gasteiger partial charge in [-0.05, 0) is 25.1 Å². The average molecular weight is 343 g/mol. The lowest BCUT2D eigenvalue weighted by Crippen LogP contribution is -2.15. The van der Waals surface area contributed by atoms with Crippen LogP contribution < -0.4 is 5.43 Å². The summed E-state index contributed by atoms with van der Waals surface area (Å²) in [5.74, 6) is -0.328. The maximum absolute atomic E-state index is 12.5. The number of hydrogen-bond donors (Lipinski definition) is 0. The fourth-order valence-corrected chi connectivity index (χ4v) is 2.48. The molecule has 1 aromatic heterocycles. The Morgan fingerprint density at radius 1 is 1.10 bits per heavy atom. The van der Waals surface area contributed by atoms with Crippen LogP contribution in [0.25, 0.3) is 11.0 Å². The van der Waals surface area contributed by atoms with Gasteiger partial charge in [-0.1, -0.05) is 45.8 Å². The van der Waals surface area contributed by atoms with E-state index in [9.17, 15) is 9.59 Å². The van der Waals surface area contributed by atoms with Gasteiger partial charge in [0.25, 0.3) is 0 Å². The van der Waals surface area contributed by atoms with Crippen molar-refractivity contribution in [2.45, 2.75) is 6.92 Å². The summed E-state index contributed by atoms with van der Waals surface area (Å²) in [7, 11) is 0. The molecule has 0 N–H and O–H groups in total. The van der Waals surface area contributed by atoms with Crippen molar-refractivity contribution in [1.29, 1.82) is 0 Å². The molecule has 3 aromatic rings. The third-order valence-electron chi connectivity index (χ3n) is 3.29. The molecule has 0 atom stereocenters. The van der Waals surface area contributed by atoms with Crippen LogP contribution >= 0.6 is 15.9 Å². The highest BCUT2D eigenvalue weighted by atomic mass is 79.9. The summed E-state index contributed by atoms with van der Waals surface area (Å²) in [6.07, 6.45) is 1.24. The molecule has 0 unspecified atom stereocenters. The van der Waals surface area contributed by atoms with Crippen LogP contribution in [0.1, 0.15) is 21.5 Å². The van der Waals surface area contributed by atoms with Crippen molar-refractivity contribution in [3.05, 3.63) is 80.1 Å². The molecule has 0 spiro atoms. The standard InChI is InChI=1S/C17H11BrO3/c1-10-2-4-11(5-3-10)16(19)14-9-21-15-7-6-12(18)8-13(15)17(14)20/h2-9H,1H3. The van der Waals surface area contributed by atoms with E-state index < -0.39 is 0 Å². The smallest absolute Gasteiger partial charge is 0.203 e. The highest BCUT2D eigenvalue weighted by Gasteiger charge is 2.16. The maximum Gasteiger partial charge on any atom is 0.203 e. The summed E-state index contributed by atoms with van der Waals surface area (Å²) >= 11 is 3.32. The second kappa shape index (κ2) is 5.30. The summed E-state index contributed by atoms with van der Waals surface area (Å²) in [6, 6.07) is 12.2. The lowest BCUT2D eigenvalue weighted by Gasteiger charge is -2.03. The predicted octanol–water partition coefficient (Wildman–Crippen LogP) is 4.09. The predicted molar refractivity (Wildman–Crippen MR) is 84.8 cm³/mol. The van der Waals surface area contributed by atoms with Gasteiger partial charge in [0.05, 0.1) is 5.39 Å². The number of ketones is 1. The zero-order valence-electron chi connectivity index (χ0n) is 11.2. The summed E-state index contributed by atoms with van der Waals surface area (Å²) in [4.78, 5) is 24.9. The minimum Gasteiger partial charge on any atom is -0.463 e. The van der Waals surface area contributed by atoms with Gasteiger partial charge in [0.15, 0.2) is 5.78 Å². The molecule has 0 aliphatic rings. The lowest BCUT2D eigenvalue weighted by atomic mass is 10.0. The average Bonchev–Trinajstić information content (AvgIpc) is 2.48. The minimum absolute atomic E-state index is 0.0458.